The van der Waals surface area contributed by atoms with Crippen molar-refractivity contribution in [2.45, 2.75) is 24.2 Å². The standard InChI is InChI=1S/C24H30N4O5S/c1-26-12-14-27(15-13-26)34(31,32)20-9-10-22(33-2)21(17-20)25-23(29)16-18-5-7-19(8-6-18)28-11-3-4-24(28)30/h5-10,17H,3-4,11-16H2,1-2H3,(H,25,29). The minimum absolute atomic E-state index is 0.104. The number of hydrogen-bond acceptors (Lipinski definition) is 6. The molecule has 2 fully saturated rings. The highest BCUT2D eigenvalue weighted by molar-refractivity contribution is 7.89. The van der Waals surface area contributed by atoms with E-state index in [0.717, 1.165) is 17.7 Å². The fourth-order valence-electron chi connectivity index (χ4n) is 4.22. The van der Waals surface area contributed by atoms with Crippen LogP contribution in [0.1, 0.15) is 18.4 Å². The number of rotatable bonds is 7. The van der Waals surface area contributed by atoms with Gasteiger partial charge in [0.2, 0.25) is 21.8 Å². The van der Waals surface area contributed by atoms with Gasteiger partial charge in [0.1, 0.15) is 5.75 Å². The number of nitrogens with one attached hydrogen (secondary N) is 1. The predicted molar refractivity (Wildman–Crippen MR) is 130 cm³/mol. The molecule has 0 atom stereocenters. The summed E-state index contributed by atoms with van der Waals surface area (Å²) >= 11 is 0. The molecule has 2 amide bonds. The van der Waals surface area contributed by atoms with E-state index in [1.165, 1.54) is 23.5 Å². The second-order valence-corrected chi connectivity index (χ2v) is 10.5. The molecule has 10 heteroatoms. The molecule has 34 heavy (non-hydrogen) atoms. The lowest BCUT2D eigenvalue weighted by molar-refractivity contribution is -0.117. The molecule has 0 spiro atoms. The molecule has 0 aromatic heterocycles. The van der Waals surface area contributed by atoms with E-state index >= 15 is 0 Å². The summed E-state index contributed by atoms with van der Waals surface area (Å²) in [7, 11) is -0.244. The highest BCUT2D eigenvalue weighted by Gasteiger charge is 2.28. The zero-order valence-electron chi connectivity index (χ0n) is 19.5. The summed E-state index contributed by atoms with van der Waals surface area (Å²) < 4.78 is 33.0. The number of amides is 2. The molecule has 0 aliphatic carbocycles. The van der Waals surface area contributed by atoms with Crippen molar-refractivity contribution in [3.63, 3.8) is 0 Å². The van der Waals surface area contributed by atoms with Crippen molar-refractivity contribution in [3.05, 3.63) is 48.0 Å². The molecule has 4 rings (SSSR count). The van der Waals surface area contributed by atoms with Gasteiger partial charge in [0, 0.05) is 44.8 Å². The molecule has 182 valence electrons. The average molecular weight is 487 g/mol. The minimum Gasteiger partial charge on any atom is -0.495 e. The largest absolute Gasteiger partial charge is 0.495 e. The van der Waals surface area contributed by atoms with Crippen molar-refractivity contribution in [2.24, 2.45) is 0 Å². The third kappa shape index (κ3) is 5.24. The Morgan fingerprint density at radius 1 is 1.03 bits per heavy atom. The van der Waals surface area contributed by atoms with Gasteiger partial charge in [0.25, 0.3) is 0 Å². The van der Waals surface area contributed by atoms with Crippen LogP contribution in [0.5, 0.6) is 5.75 Å². The molecule has 0 bridgehead atoms. The summed E-state index contributed by atoms with van der Waals surface area (Å²) in [5, 5.41) is 2.79. The van der Waals surface area contributed by atoms with E-state index in [-0.39, 0.29) is 23.1 Å². The molecule has 0 radical (unpaired) electrons. The van der Waals surface area contributed by atoms with Crippen LogP contribution in [-0.2, 0) is 26.0 Å². The lowest BCUT2D eigenvalue weighted by Crippen LogP contribution is -2.47. The van der Waals surface area contributed by atoms with Gasteiger partial charge in [-0.05, 0) is 49.4 Å². The Labute approximate surface area is 200 Å². The Morgan fingerprint density at radius 2 is 1.74 bits per heavy atom. The van der Waals surface area contributed by atoms with Crippen LogP contribution < -0.4 is 15.0 Å². The molecule has 1 N–H and O–H groups in total. The van der Waals surface area contributed by atoms with E-state index in [9.17, 15) is 18.0 Å². The fraction of sp³-hybridized carbons (Fsp3) is 0.417. The van der Waals surface area contributed by atoms with Gasteiger partial charge >= 0.3 is 0 Å². The number of ether oxygens (including phenoxy) is 1. The first-order valence-electron chi connectivity index (χ1n) is 11.3. The lowest BCUT2D eigenvalue weighted by atomic mass is 10.1. The van der Waals surface area contributed by atoms with Crippen LogP contribution in [0.2, 0.25) is 0 Å². The second kappa shape index (κ2) is 10.1. The van der Waals surface area contributed by atoms with Crippen LogP contribution in [0.15, 0.2) is 47.4 Å². The van der Waals surface area contributed by atoms with Gasteiger partial charge in [0.05, 0.1) is 24.1 Å². The number of nitrogens with zero attached hydrogens (tertiary/aromatic N) is 3. The normalized spacial score (nSPS) is 17.7. The van der Waals surface area contributed by atoms with E-state index in [1.807, 2.05) is 31.3 Å². The maximum Gasteiger partial charge on any atom is 0.243 e. The second-order valence-electron chi connectivity index (χ2n) is 8.61. The number of piperazine rings is 1. The summed E-state index contributed by atoms with van der Waals surface area (Å²) in [6.07, 6.45) is 1.52. The van der Waals surface area contributed by atoms with E-state index in [4.69, 9.17) is 4.74 Å². The summed E-state index contributed by atoms with van der Waals surface area (Å²) in [6, 6.07) is 11.8. The zero-order valence-corrected chi connectivity index (χ0v) is 20.3. The molecule has 2 aromatic carbocycles. The van der Waals surface area contributed by atoms with Crippen LogP contribution in [0.4, 0.5) is 11.4 Å². The zero-order chi connectivity index (χ0) is 24.3. The van der Waals surface area contributed by atoms with Crippen LogP contribution in [0.25, 0.3) is 0 Å². The summed E-state index contributed by atoms with van der Waals surface area (Å²) in [5.41, 5.74) is 1.92. The van der Waals surface area contributed by atoms with Crippen molar-refractivity contribution in [2.75, 3.05) is 57.1 Å². The molecule has 2 saturated heterocycles. The summed E-state index contributed by atoms with van der Waals surface area (Å²) in [5.74, 6) is 0.204. The quantitative estimate of drug-likeness (QED) is 0.642. The number of sulfonamides is 1. The third-order valence-electron chi connectivity index (χ3n) is 6.23. The Kier molecular flexibility index (Phi) is 7.20. The number of carbonyl (C=O) groups excluding carboxylic acids is 2. The Morgan fingerprint density at radius 3 is 2.35 bits per heavy atom. The van der Waals surface area contributed by atoms with Gasteiger partial charge in [-0.1, -0.05) is 12.1 Å². The first kappa shape index (κ1) is 24.2. The number of carbonyl (C=O) groups is 2. The summed E-state index contributed by atoms with van der Waals surface area (Å²) in [6.45, 7) is 2.90. The van der Waals surface area contributed by atoms with Gasteiger partial charge in [-0.15, -0.1) is 0 Å². The first-order valence-corrected chi connectivity index (χ1v) is 12.8. The number of anilines is 2. The fourth-order valence-corrected chi connectivity index (χ4v) is 5.67. The van der Waals surface area contributed by atoms with Crippen LogP contribution in [-0.4, -0.2) is 76.3 Å². The molecule has 0 saturated carbocycles. The minimum atomic E-state index is -3.68. The molecule has 2 aliphatic rings. The molecular weight excluding hydrogens is 456 g/mol. The van der Waals surface area contributed by atoms with Gasteiger partial charge in [-0.2, -0.15) is 4.31 Å². The third-order valence-corrected chi connectivity index (χ3v) is 8.13. The highest BCUT2D eigenvalue weighted by Crippen LogP contribution is 2.29. The number of hydrogen-bond donors (Lipinski definition) is 1. The maximum atomic E-state index is 13.1. The monoisotopic (exact) mass is 486 g/mol. The molecule has 2 aromatic rings. The van der Waals surface area contributed by atoms with E-state index < -0.39 is 10.0 Å². The number of benzene rings is 2. The van der Waals surface area contributed by atoms with Crippen molar-refractivity contribution in [1.29, 1.82) is 0 Å². The van der Waals surface area contributed by atoms with Crippen LogP contribution in [0, 0.1) is 0 Å². The first-order chi connectivity index (χ1) is 16.3. The molecule has 2 heterocycles. The van der Waals surface area contributed by atoms with E-state index in [2.05, 4.69) is 10.2 Å². The predicted octanol–water partition coefficient (Wildman–Crippen LogP) is 1.94. The Bertz CT molecular complexity index is 1160. The summed E-state index contributed by atoms with van der Waals surface area (Å²) in [4.78, 5) is 28.6. The topological polar surface area (TPSA) is 99.3 Å². The Hall–Kier alpha value is -2.95. The maximum absolute atomic E-state index is 13.1. The van der Waals surface area contributed by atoms with Gasteiger partial charge in [-0.3, -0.25) is 9.59 Å². The van der Waals surface area contributed by atoms with Gasteiger partial charge < -0.3 is 19.9 Å². The van der Waals surface area contributed by atoms with Gasteiger partial charge in [-0.25, -0.2) is 8.42 Å². The van der Waals surface area contributed by atoms with E-state index in [0.29, 0.717) is 50.6 Å². The lowest BCUT2D eigenvalue weighted by Gasteiger charge is -2.31. The van der Waals surface area contributed by atoms with Crippen molar-refractivity contribution < 1.29 is 22.7 Å². The molecular formula is C24H30N4O5S. The van der Waals surface area contributed by atoms with E-state index in [1.54, 1.807) is 11.0 Å². The Balaban J connectivity index is 1.46. The number of likely N-dealkylation sites (N-methyl/N-ethyl adjacent to an activating group) is 1. The SMILES string of the molecule is COc1ccc(S(=O)(=O)N2CCN(C)CC2)cc1NC(=O)Cc1ccc(N2CCCC2=O)cc1. The average Bonchev–Trinajstić information content (AvgIpc) is 3.25. The molecule has 0 unspecified atom stereocenters. The van der Waals surface area contributed by atoms with Crippen molar-refractivity contribution in [3.8, 4) is 5.75 Å². The highest BCUT2D eigenvalue weighted by atomic mass is 32.2. The van der Waals surface area contributed by atoms with Crippen molar-refractivity contribution >= 4 is 33.2 Å². The van der Waals surface area contributed by atoms with Gasteiger partial charge in [0.15, 0.2) is 0 Å². The molecule has 9 nitrogen and oxygen atoms in total. The smallest absolute Gasteiger partial charge is 0.243 e. The number of methoxy groups -OCH3 is 1. The molecule has 2 aliphatic heterocycles. The van der Waals surface area contributed by atoms with Crippen LogP contribution in [0.3, 0.4) is 0 Å². The van der Waals surface area contributed by atoms with Crippen LogP contribution >= 0.6 is 0 Å². The van der Waals surface area contributed by atoms with Crippen molar-refractivity contribution in [1.82, 2.24) is 9.21 Å².